The van der Waals surface area contributed by atoms with Gasteiger partial charge in [-0.3, -0.25) is 0 Å². The predicted molar refractivity (Wildman–Crippen MR) is 58.0 cm³/mol. The van der Waals surface area contributed by atoms with Crippen LogP contribution in [0.4, 0.5) is 5.69 Å². The van der Waals surface area contributed by atoms with Gasteiger partial charge < -0.3 is 14.8 Å². The Morgan fingerprint density at radius 2 is 1.86 bits per heavy atom. The van der Waals surface area contributed by atoms with E-state index in [0.717, 1.165) is 17.2 Å². The van der Waals surface area contributed by atoms with Crippen LogP contribution in [0.5, 0.6) is 11.5 Å². The van der Waals surface area contributed by atoms with Gasteiger partial charge in [0.1, 0.15) is 0 Å². The van der Waals surface area contributed by atoms with Crippen LogP contribution >= 0.6 is 0 Å². The van der Waals surface area contributed by atoms with E-state index in [2.05, 4.69) is 5.32 Å². The number of hydrogen-bond acceptors (Lipinski definition) is 3. The first-order valence-electron chi connectivity index (χ1n) is 4.41. The maximum Gasteiger partial charge on any atom is 0.162 e. The van der Waals surface area contributed by atoms with Gasteiger partial charge in [-0.15, -0.1) is 0 Å². The molecular weight excluding hydrogens is 178 g/mol. The Morgan fingerprint density at radius 3 is 2.43 bits per heavy atom. The van der Waals surface area contributed by atoms with E-state index in [1.54, 1.807) is 14.2 Å². The van der Waals surface area contributed by atoms with Gasteiger partial charge in [0.25, 0.3) is 0 Å². The fraction of sp³-hybridized carbons (Fsp3) is 0.273. The number of methoxy groups -OCH3 is 2. The second kappa shape index (κ2) is 5.17. The van der Waals surface area contributed by atoms with Gasteiger partial charge in [0.2, 0.25) is 0 Å². The Bertz CT molecular complexity index is 321. The van der Waals surface area contributed by atoms with Crippen molar-refractivity contribution in [2.75, 3.05) is 19.5 Å². The number of hydrogen-bond donors (Lipinski definition) is 1. The molecule has 3 nitrogen and oxygen atoms in total. The maximum absolute atomic E-state index is 5.17. The third-order valence-corrected chi connectivity index (χ3v) is 1.80. The molecule has 0 saturated heterocycles. The molecule has 1 N–H and O–H groups in total. The van der Waals surface area contributed by atoms with Gasteiger partial charge in [-0.1, -0.05) is 6.08 Å². The van der Waals surface area contributed by atoms with Gasteiger partial charge in [0.05, 0.1) is 14.2 Å². The molecule has 0 atom stereocenters. The third-order valence-electron chi connectivity index (χ3n) is 1.80. The number of rotatable bonds is 4. The van der Waals surface area contributed by atoms with Gasteiger partial charge in [0, 0.05) is 11.8 Å². The van der Waals surface area contributed by atoms with E-state index < -0.39 is 0 Å². The van der Waals surface area contributed by atoms with Gasteiger partial charge in [-0.25, -0.2) is 0 Å². The lowest BCUT2D eigenvalue weighted by atomic mass is 10.3. The highest BCUT2D eigenvalue weighted by atomic mass is 16.5. The van der Waals surface area contributed by atoms with Crippen molar-refractivity contribution >= 4 is 5.69 Å². The second-order valence-electron chi connectivity index (χ2n) is 2.71. The topological polar surface area (TPSA) is 30.5 Å². The van der Waals surface area contributed by atoms with E-state index in [1.165, 1.54) is 0 Å². The summed E-state index contributed by atoms with van der Waals surface area (Å²) in [6, 6.07) is 5.69. The van der Waals surface area contributed by atoms with Crippen LogP contribution in [0.2, 0.25) is 0 Å². The highest BCUT2D eigenvalue weighted by Gasteiger charge is 2.02. The number of anilines is 1. The molecule has 0 fully saturated rings. The fourth-order valence-electron chi connectivity index (χ4n) is 1.11. The molecule has 0 unspecified atom stereocenters. The van der Waals surface area contributed by atoms with Crippen LogP contribution in [0.25, 0.3) is 0 Å². The summed E-state index contributed by atoms with van der Waals surface area (Å²) >= 11 is 0. The summed E-state index contributed by atoms with van der Waals surface area (Å²) in [6.45, 7) is 1.95. The van der Waals surface area contributed by atoms with E-state index in [0.29, 0.717) is 0 Å². The molecule has 1 rings (SSSR count). The molecule has 0 spiro atoms. The summed E-state index contributed by atoms with van der Waals surface area (Å²) in [7, 11) is 3.24. The van der Waals surface area contributed by atoms with Gasteiger partial charge in [-0.05, 0) is 25.3 Å². The lowest BCUT2D eigenvalue weighted by molar-refractivity contribution is 0.355. The van der Waals surface area contributed by atoms with Crippen LogP contribution in [0, 0.1) is 0 Å². The zero-order valence-corrected chi connectivity index (χ0v) is 8.70. The molecule has 0 aromatic heterocycles. The Kier molecular flexibility index (Phi) is 3.85. The van der Waals surface area contributed by atoms with Crippen molar-refractivity contribution in [3.8, 4) is 11.5 Å². The van der Waals surface area contributed by atoms with Crippen LogP contribution in [-0.4, -0.2) is 14.2 Å². The molecule has 0 amide bonds. The highest BCUT2D eigenvalue weighted by molar-refractivity contribution is 5.55. The molecule has 76 valence electrons. The molecule has 1 aromatic rings. The first kappa shape index (κ1) is 10.4. The summed E-state index contributed by atoms with van der Waals surface area (Å²) in [6.07, 6.45) is 3.79. The number of allylic oxidation sites excluding steroid dienone is 1. The minimum Gasteiger partial charge on any atom is -0.493 e. The van der Waals surface area contributed by atoms with E-state index >= 15 is 0 Å². The summed E-state index contributed by atoms with van der Waals surface area (Å²) in [5, 5.41) is 3.10. The van der Waals surface area contributed by atoms with E-state index in [1.807, 2.05) is 37.4 Å². The SMILES string of the molecule is CC=CNc1ccc(OC)c(OC)c1. The van der Waals surface area contributed by atoms with E-state index in [-0.39, 0.29) is 0 Å². The molecule has 0 aliphatic rings. The highest BCUT2D eigenvalue weighted by Crippen LogP contribution is 2.29. The normalized spacial score (nSPS) is 10.2. The Balaban J connectivity index is 2.89. The Morgan fingerprint density at radius 1 is 1.14 bits per heavy atom. The molecule has 0 aliphatic heterocycles. The van der Waals surface area contributed by atoms with Crippen LogP contribution in [0.1, 0.15) is 6.92 Å². The first-order valence-corrected chi connectivity index (χ1v) is 4.41. The maximum atomic E-state index is 5.17. The third kappa shape index (κ3) is 2.42. The zero-order valence-electron chi connectivity index (χ0n) is 8.70. The minimum absolute atomic E-state index is 0.724. The molecule has 3 heteroatoms. The average Bonchev–Trinajstić information content (AvgIpc) is 2.25. The molecule has 0 radical (unpaired) electrons. The smallest absolute Gasteiger partial charge is 0.162 e. The predicted octanol–water partition coefficient (Wildman–Crippen LogP) is 2.65. The quantitative estimate of drug-likeness (QED) is 0.797. The summed E-state index contributed by atoms with van der Waals surface area (Å²) < 4.78 is 10.3. The summed E-state index contributed by atoms with van der Waals surface area (Å²) in [4.78, 5) is 0. The van der Waals surface area contributed by atoms with Crippen LogP contribution < -0.4 is 14.8 Å². The van der Waals surface area contributed by atoms with Gasteiger partial charge >= 0.3 is 0 Å². The number of ether oxygens (including phenoxy) is 2. The van der Waals surface area contributed by atoms with Crippen LogP contribution in [-0.2, 0) is 0 Å². The summed E-state index contributed by atoms with van der Waals surface area (Å²) in [5.74, 6) is 1.46. The van der Waals surface area contributed by atoms with E-state index in [4.69, 9.17) is 9.47 Å². The fourth-order valence-corrected chi connectivity index (χ4v) is 1.11. The monoisotopic (exact) mass is 193 g/mol. The van der Waals surface area contributed by atoms with Gasteiger partial charge in [-0.2, -0.15) is 0 Å². The van der Waals surface area contributed by atoms with Crippen LogP contribution in [0.15, 0.2) is 30.5 Å². The molecule has 14 heavy (non-hydrogen) atoms. The standard InChI is InChI=1S/C11H15NO2/c1-4-7-12-9-5-6-10(13-2)11(8-9)14-3/h4-8,12H,1-3H3. The molecule has 1 aromatic carbocycles. The minimum atomic E-state index is 0.724. The van der Waals surface area contributed by atoms with Crippen molar-refractivity contribution in [1.82, 2.24) is 0 Å². The van der Waals surface area contributed by atoms with Crippen molar-refractivity contribution in [3.63, 3.8) is 0 Å². The Hall–Kier alpha value is -1.64. The van der Waals surface area contributed by atoms with Crippen molar-refractivity contribution in [2.45, 2.75) is 6.92 Å². The molecule has 0 heterocycles. The number of nitrogens with one attached hydrogen (secondary N) is 1. The van der Waals surface area contributed by atoms with Crippen molar-refractivity contribution in [3.05, 3.63) is 30.5 Å². The summed E-state index contributed by atoms with van der Waals surface area (Å²) in [5.41, 5.74) is 0.973. The van der Waals surface area contributed by atoms with Crippen LogP contribution in [0.3, 0.4) is 0 Å². The zero-order chi connectivity index (χ0) is 10.4. The molecule has 0 saturated carbocycles. The molecular formula is C11H15NO2. The lowest BCUT2D eigenvalue weighted by Crippen LogP contribution is -1.92. The largest absolute Gasteiger partial charge is 0.493 e. The second-order valence-corrected chi connectivity index (χ2v) is 2.71. The molecule has 0 bridgehead atoms. The van der Waals surface area contributed by atoms with Crippen molar-refractivity contribution in [2.24, 2.45) is 0 Å². The number of benzene rings is 1. The molecule has 0 aliphatic carbocycles. The van der Waals surface area contributed by atoms with Crippen molar-refractivity contribution < 1.29 is 9.47 Å². The Labute approximate surface area is 84.3 Å². The van der Waals surface area contributed by atoms with E-state index in [9.17, 15) is 0 Å². The van der Waals surface area contributed by atoms with Gasteiger partial charge in [0.15, 0.2) is 11.5 Å². The lowest BCUT2D eigenvalue weighted by Gasteiger charge is -2.09. The van der Waals surface area contributed by atoms with Crippen molar-refractivity contribution in [1.29, 1.82) is 0 Å². The first-order chi connectivity index (χ1) is 6.81. The average molecular weight is 193 g/mol.